The number of halogens is 1. The number of unbranched alkanes of at least 4 members (excludes halogenated alkanes) is 1. The van der Waals surface area contributed by atoms with Gasteiger partial charge in [0, 0.05) is 52.5 Å². The van der Waals surface area contributed by atoms with Crippen LogP contribution in [-0.4, -0.2) is 36.0 Å². The lowest BCUT2D eigenvalue weighted by molar-refractivity contribution is -0.116. The molecule has 0 bridgehead atoms. The Morgan fingerprint density at radius 1 is 0.925 bits per heavy atom. The number of benzene rings is 1. The second kappa shape index (κ2) is 10.7. The van der Waals surface area contributed by atoms with E-state index in [2.05, 4.69) is 49.3 Å². The Morgan fingerprint density at radius 3 is 2.52 bits per heavy atom. The smallest absolute Gasteiger partial charge is 0.224 e. The third-order valence-electron chi connectivity index (χ3n) is 7.09. The van der Waals surface area contributed by atoms with Gasteiger partial charge in [0.05, 0.1) is 35.0 Å². The van der Waals surface area contributed by atoms with Gasteiger partial charge in [-0.15, -0.1) is 0 Å². The van der Waals surface area contributed by atoms with Gasteiger partial charge in [-0.2, -0.15) is 5.10 Å². The van der Waals surface area contributed by atoms with Gasteiger partial charge in [0.2, 0.25) is 5.91 Å². The molecule has 0 aliphatic carbocycles. The van der Waals surface area contributed by atoms with Crippen LogP contribution in [0.5, 0.6) is 0 Å². The van der Waals surface area contributed by atoms with Crippen LogP contribution in [0.3, 0.4) is 0 Å². The molecule has 5 aromatic heterocycles. The first-order valence-electron chi connectivity index (χ1n) is 13.4. The van der Waals surface area contributed by atoms with Crippen LogP contribution in [0.25, 0.3) is 55.6 Å². The number of H-pyrrole nitrogens is 2. The molecule has 0 atom stereocenters. The van der Waals surface area contributed by atoms with Gasteiger partial charge >= 0.3 is 0 Å². The Balaban J connectivity index is 1.42. The molecule has 200 valence electrons. The van der Waals surface area contributed by atoms with E-state index in [1.54, 1.807) is 36.9 Å². The molecule has 5 heterocycles. The fraction of sp³-hybridized carbons (Fsp3) is 0.194. The maximum Gasteiger partial charge on any atom is 0.224 e. The predicted octanol–water partition coefficient (Wildman–Crippen LogP) is 7.06. The van der Waals surface area contributed by atoms with E-state index in [1.807, 2.05) is 18.3 Å². The van der Waals surface area contributed by atoms with Crippen LogP contribution < -0.4 is 5.32 Å². The molecule has 6 aromatic rings. The number of amides is 1. The lowest BCUT2D eigenvalue weighted by atomic mass is 9.98. The summed E-state index contributed by atoms with van der Waals surface area (Å²) in [6.07, 6.45) is 11.8. The Morgan fingerprint density at radius 2 is 1.73 bits per heavy atom. The number of aromatic nitrogens is 6. The van der Waals surface area contributed by atoms with E-state index in [1.165, 1.54) is 12.1 Å². The molecule has 0 spiro atoms. The van der Waals surface area contributed by atoms with E-state index in [4.69, 9.17) is 0 Å². The summed E-state index contributed by atoms with van der Waals surface area (Å²) >= 11 is 0. The zero-order valence-corrected chi connectivity index (χ0v) is 22.3. The first-order chi connectivity index (χ1) is 19.6. The molecule has 9 heteroatoms. The molecule has 1 aromatic carbocycles. The fourth-order valence-corrected chi connectivity index (χ4v) is 5.11. The van der Waals surface area contributed by atoms with Crippen molar-refractivity contribution in [2.45, 2.75) is 39.5 Å². The monoisotopic (exact) mass is 533 g/mol. The fourth-order valence-electron chi connectivity index (χ4n) is 5.11. The molecule has 40 heavy (non-hydrogen) atoms. The van der Waals surface area contributed by atoms with Crippen molar-refractivity contribution in [1.82, 2.24) is 30.1 Å². The molecule has 1 amide bonds. The van der Waals surface area contributed by atoms with Crippen molar-refractivity contribution >= 4 is 33.5 Å². The van der Waals surface area contributed by atoms with Gasteiger partial charge in [0.25, 0.3) is 0 Å². The molecule has 0 saturated heterocycles. The van der Waals surface area contributed by atoms with E-state index >= 15 is 0 Å². The van der Waals surface area contributed by atoms with Crippen molar-refractivity contribution < 1.29 is 9.18 Å². The summed E-state index contributed by atoms with van der Waals surface area (Å²) in [6, 6.07) is 10.4. The van der Waals surface area contributed by atoms with Gasteiger partial charge in [0.15, 0.2) is 5.65 Å². The van der Waals surface area contributed by atoms with Gasteiger partial charge in [-0.05, 0) is 48.2 Å². The molecule has 8 nitrogen and oxygen atoms in total. The number of nitrogens with one attached hydrogen (secondary N) is 3. The van der Waals surface area contributed by atoms with Crippen LogP contribution in [0, 0.1) is 5.82 Å². The minimum atomic E-state index is -0.277. The maximum atomic E-state index is 13.6. The van der Waals surface area contributed by atoms with Crippen molar-refractivity contribution in [2.75, 3.05) is 5.32 Å². The summed E-state index contributed by atoms with van der Waals surface area (Å²) < 4.78 is 13.6. The Hall–Kier alpha value is -4.92. The molecule has 3 N–H and O–H groups in total. The van der Waals surface area contributed by atoms with Crippen LogP contribution in [0.2, 0.25) is 0 Å². The highest BCUT2D eigenvalue weighted by Gasteiger charge is 2.20. The Bertz CT molecular complexity index is 1840. The standard InChI is InChI=1S/C31H28FN7O/c1-3-5-6-27(40)36-22-11-19(13-33-15-22)20-12-24-30(38-39-31(24)35-14-20)29-23(4-2)28-25(16-34-17-26(28)37-29)18-7-9-21(32)10-8-18/h7-17,37H,3-6H2,1-2H3,(H,36,40)(H,35,38,39). The Kier molecular flexibility index (Phi) is 6.77. The highest BCUT2D eigenvalue weighted by molar-refractivity contribution is 6.03. The van der Waals surface area contributed by atoms with Crippen LogP contribution in [0.4, 0.5) is 10.1 Å². The lowest BCUT2D eigenvalue weighted by Gasteiger charge is -2.08. The molecule has 0 aliphatic heterocycles. The second-order valence-electron chi connectivity index (χ2n) is 9.76. The highest BCUT2D eigenvalue weighted by Crippen LogP contribution is 2.38. The van der Waals surface area contributed by atoms with Gasteiger partial charge in [-0.25, -0.2) is 9.37 Å². The molecule has 0 unspecified atom stereocenters. The van der Waals surface area contributed by atoms with E-state index < -0.39 is 0 Å². The topological polar surface area (TPSA) is 112 Å². The van der Waals surface area contributed by atoms with Crippen molar-refractivity contribution in [2.24, 2.45) is 0 Å². The number of pyridine rings is 3. The van der Waals surface area contributed by atoms with Crippen LogP contribution in [-0.2, 0) is 11.2 Å². The number of carbonyl (C=O) groups is 1. The quantitative estimate of drug-likeness (QED) is 0.194. The van der Waals surface area contributed by atoms with Crippen molar-refractivity contribution in [3.63, 3.8) is 0 Å². The predicted molar refractivity (Wildman–Crippen MR) is 155 cm³/mol. The Labute approximate surface area is 230 Å². The van der Waals surface area contributed by atoms with Gasteiger partial charge in [0.1, 0.15) is 5.82 Å². The molecule has 0 aliphatic rings. The number of fused-ring (bicyclic) bond motifs is 2. The van der Waals surface area contributed by atoms with Crippen LogP contribution in [0.1, 0.15) is 38.7 Å². The van der Waals surface area contributed by atoms with E-state index in [0.29, 0.717) is 17.8 Å². The first-order valence-corrected chi connectivity index (χ1v) is 13.4. The number of carbonyl (C=O) groups excluding carboxylic acids is 1. The summed E-state index contributed by atoms with van der Waals surface area (Å²) in [5, 5.41) is 12.5. The molecule has 0 saturated carbocycles. The van der Waals surface area contributed by atoms with Crippen LogP contribution >= 0.6 is 0 Å². The molecule has 6 rings (SSSR count). The van der Waals surface area contributed by atoms with E-state index in [-0.39, 0.29) is 11.7 Å². The molecule has 0 fully saturated rings. The summed E-state index contributed by atoms with van der Waals surface area (Å²) in [4.78, 5) is 29.2. The van der Waals surface area contributed by atoms with Crippen LogP contribution in [0.15, 0.2) is 67.4 Å². The number of aromatic amines is 2. The number of nitrogens with zero attached hydrogens (tertiary/aromatic N) is 4. The minimum absolute atomic E-state index is 0.0214. The van der Waals surface area contributed by atoms with Gasteiger partial charge in [-0.3, -0.25) is 19.9 Å². The van der Waals surface area contributed by atoms with Gasteiger partial charge < -0.3 is 10.3 Å². The van der Waals surface area contributed by atoms with E-state index in [9.17, 15) is 9.18 Å². The number of hydrogen-bond donors (Lipinski definition) is 3. The SMILES string of the molecule is CCCCC(=O)Nc1cncc(-c2cnc3n[nH]c(-c4[nH]c5cncc(-c6ccc(F)cc6)c5c4CC)c3c2)c1. The van der Waals surface area contributed by atoms with Crippen molar-refractivity contribution in [3.8, 4) is 33.6 Å². The molecular weight excluding hydrogens is 505 g/mol. The number of rotatable bonds is 8. The normalized spacial score (nSPS) is 11.4. The highest BCUT2D eigenvalue weighted by atomic mass is 19.1. The van der Waals surface area contributed by atoms with E-state index in [0.717, 1.165) is 74.8 Å². The molecular formula is C31H28FN7O. The maximum absolute atomic E-state index is 13.6. The van der Waals surface area contributed by atoms with Crippen molar-refractivity contribution in [3.05, 3.63) is 78.8 Å². The summed E-state index contributed by atoms with van der Waals surface area (Å²) in [5.41, 5.74) is 8.48. The number of hydrogen-bond acceptors (Lipinski definition) is 5. The largest absolute Gasteiger partial charge is 0.352 e. The average molecular weight is 534 g/mol. The number of aryl methyl sites for hydroxylation is 1. The van der Waals surface area contributed by atoms with Crippen molar-refractivity contribution in [1.29, 1.82) is 0 Å². The second-order valence-corrected chi connectivity index (χ2v) is 9.76. The minimum Gasteiger partial charge on any atom is -0.352 e. The third-order valence-corrected chi connectivity index (χ3v) is 7.09. The first kappa shape index (κ1) is 25.4. The average Bonchev–Trinajstić information content (AvgIpc) is 3.57. The summed E-state index contributed by atoms with van der Waals surface area (Å²) in [7, 11) is 0. The zero-order chi connectivity index (χ0) is 27.6. The van der Waals surface area contributed by atoms with Gasteiger partial charge in [-0.1, -0.05) is 32.4 Å². The molecule has 0 radical (unpaired) electrons. The number of anilines is 1. The lowest BCUT2D eigenvalue weighted by Crippen LogP contribution is -2.11. The zero-order valence-electron chi connectivity index (χ0n) is 22.3. The summed E-state index contributed by atoms with van der Waals surface area (Å²) in [6.45, 7) is 4.17. The summed E-state index contributed by atoms with van der Waals surface area (Å²) in [5.74, 6) is -0.298. The third kappa shape index (κ3) is 4.70.